The minimum atomic E-state index is -4.18. The highest BCUT2D eigenvalue weighted by atomic mass is 32.2. The summed E-state index contributed by atoms with van der Waals surface area (Å²) in [5.74, 6) is -0.779. The first-order valence-electron chi connectivity index (χ1n) is 13.9. The van der Waals surface area contributed by atoms with Gasteiger partial charge in [0, 0.05) is 19.7 Å². The molecule has 1 aliphatic carbocycles. The largest absolute Gasteiger partial charge is 0.443 e. The number of guanidine groups is 1. The maximum atomic E-state index is 15.5. The lowest BCUT2D eigenvalue weighted by molar-refractivity contribution is -0.00743. The minimum absolute atomic E-state index is 0.0986. The Morgan fingerprint density at radius 3 is 2.48 bits per heavy atom. The highest BCUT2D eigenvalue weighted by Crippen LogP contribution is 2.49. The van der Waals surface area contributed by atoms with Gasteiger partial charge < -0.3 is 18.9 Å². The van der Waals surface area contributed by atoms with Crippen LogP contribution in [0.4, 0.5) is 9.18 Å². The lowest BCUT2D eigenvalue weighted by atomic mass is 9.75. The van der Waals surface area contributed by atoms with Crippen molar-refractivity contribution in [2.24, 2.45) is 4.99 Å². The number of rotatable bonds is 9. The van der Waals surface area contributed by atoms with Gasteiger partial charge in [0.15, 0.2) is 0 Å². The molecular weight excluding hydrogens is 565 g/mol. The Morgan fingerprint density at radius 2 is 1.81 bits per heavy atom. The predicted octanol–water partition coefficient (Wildman–Crippen LogP) is 4.65. The fraction of sp³-hybridized carbons (Fsp3) is 0.533. The van der Waals surface area contributed by atoms with Crippen LogP contribution in [-0.4, -0.2) is 80.7 Å². The quantitative estimate of drug-likeness (QED) is 0.303. The van der Waals surface area contributed by atoms with Crippen molar-refractivity contribution >= 4 is 22.1 Å². The first kappa shape index (κ1) is 31.9. The molecule has 2 aliphatic rings. The van der Waals surface area contributed by atoms with Gasteiger partial charge >= 0.3 is 6.09 Å². The van der Waals surface area contributed by atoms with Crippen molar-refractivity contribution in [1.29, 1.82) is 0 Å². The molecular formula is C30H40FN3O7S. The Labute approximate surface area is 247 Å². The van der Waals surface area contributed by atoms with Crippen LogP contribution in [0.5, 0.6) is 0 Å². The zero-order valence-corrected chi connectivity index (χ0v) is 25.6. The molecule has 4 rings (SSSR count). The molecule has 42 heavy (non-hydrogen) atoms. The fourth-order valence-electron chi connectivity index (χ4n) is 5.30. The van der Waals surface area contributed by atoms with Gasteiger partial charge in [0.25, 0.3) is 0 Å². The molecule has 2 aromatic carbocycles. The van der Waals surface area contributed by atoms with Crippen LogP contribution in [0.2, 0.25) is 0 Å². The zero-order chi connectivity index (χ0) is 30.5. The number of hydrogen-bond acceptors (Lipinski definition) is 8. The van der Waals surface area contributed by atoms with Gasteiger partial charge in [-0.25, -0.2) is 31.8 Å². The van der Waals surface area contributed by atoms with Gasteiger partial charge in [-0.05, 0) is 51.7 Å². The number of sulfonamides is 1. The molecule has 0 spiro atoms. The Hall–Kier alpha value is -3.06. The molecule has 3 atom stereocenters. The Kier molecular flexibility index (Phi) is 9.92. The highest BCUT2D eigenvalue weighted by molar-refractivity contribution is 7.90. The van der Waals surface area contributed by atoms with E-state index < -0.39 is 44.4 Å². The summed E-state index contributed by atoms with van der Waals surface area (Å²) in [6.07, 6.45) is -0.523. The molecule has 2 aromatic rings. The third-order valence-corrected chi connectivity index (χ3v) is 9.58. The van der Waals surface area contributed by atoms with Crippen LogP contribution in [0.1, 0.15) is 51.2 Å². The number of hydrogen-bond donors (Lipinski definition) is 0. The van der Waals surface area contributed by atoms with E-state index in [1.165, 1.54) is 20.2 Å². The van der Waals surface area contributed by atoms with Gasteiger partial charge in [0.2, 0.25) is 16.0 Å². The number of aliphatic imine (C=N–C) groups is 1. The van der Waals surface area contributed by atoms with E-state index in [4.69, 9.17) is 23.9 Å². The molecule has 1 heterocycles. The SMILES string of the molecule is COCCOCN(C(=O)OC(C)(C)C)C1=NC2(c3ccccc3F)CCC(OCc3ccccc3)CC2S(=O)(=O)N1C. The molecule has 0 aromatic heterocycles. The van der Waals surface area contributed by atoms with E-state index in [2.05, 4.69) is 0 Å². The second kappa shape index (κ2) is 13.1. The van der Waals surface area contributed by atoms with E-state index in [0.29, 0.717) is 13.0 Å². The van der Waals surface area contributed by atoms with E-state index in [1.54, 1.807) is 39.0 Å². The van der Waals surface area contributed by atoms with Crippen molar-refractivity contribution < 1.29 is 36.6 Å². The van der Waals surface area contributed by atoms with E-state index in [-0.39, 0.29) is 44.3 Å². The first-order chi connectivity index (χ1) is 19.9. The van der Waals surface area contributed by atoms with Gasteiger partial charge in [-0.1, -0.05) is 48.5 Å². The average molecular weight is 606 g/mol. The van der Waals surface area contributed by atoms with Gasteiger partial charge in [0.1, 0.15) is 28.9 Å². The second-order valence-electron chi connectivity index (χ2n) is 11.4. The summed E-state index contributed by atoms with van der Waals surface area (Å²) in [5, 5.41) is -1.14. The summed E-state index contributed by atoms with van der Waals surface area (Å²) >= 11 is 0. The van der Waals surface area contributed by atoms with E-state index >= 15 is 4.39 Å². The number of methoxy groups -OCH3 is 1. The molecule has 1 amide bonds. The van der Waals surface area contributed by atoms with Crippen LogP contribution in [-0.2, 0) is 41.1 Å². The number of carbonyl (C=O) groups excluding carboxylic acids is 1. The average Bonchev–Trinajstić information content (AvgIpc) is 2.94. The zero-order valence-electron chi connectivity index (χ0n) is 24.8. The molecule has 1 saturated carbocycles. The molecule has 0 bridgehead atoms. The number of ether oxygens (including phenoxy) is 4. The molecule has 1 aliphatic heterocycles. The van der Waals surface area contributed by atoms with Crippen molar-refractivity contribution in [3.05, 3.63) is 71.5 Å². The monoisotopic (exact) mass is 605 g/mol. The molecule has 3 unspecified atom stereocenters. The smallest absolute Gasteiger partial charge is 0.419 e. The van der Waals surface area contributed by atoms with E-state index in [1.807, 2.05) is 30.3 Å². The standard InChI is InChI=1S/C30H40FN3O7S/c1-29(2,3)41-28(35)34(21-39-18-17-38-5)27-32-30(24-13-9-10-14-25(24)31)16-15-23(19-26(30)42(36,37)33(27)4)40-20-22-11-7-6-8-12-22/h6-14,23,26H,15-21H2,1-5H3. The summed E-state index contributed by atoms with van der Waals surface area (Å²) in [7, 11) is -1.34. The lowest BCUT2D eigenvalue weighted by Gasteiger charge is -2.49. The van der Waals surface area contributed by atoms with Crippen molar-refractivity contribution in [2.75, 3.05) is 34.1 Å². The summed E-state index contributed by atoms with van der Waals surface area (Å²) in [6, 6.07) is 15.7. The molecule has 10 nitrogen and oxygen atoms in total. The number of halogens is 1. The summed E-state index contributed by atoms with van der Waals surface area (Å²) in [5.41, 5.74) is -1.27. The fourth-order valence-corrected chi connectivity index (χ4v) is 7.30. The summed E-state index contributed by atoms with van der Waals surface area (Å²) < 4.78 is 67.5. The van der Waals surface area contributed by atoms with Crippen LogP contribution in [0.3, 0.4) is 0 Å². The molecule has 12 heteroatoms. The number of fused-ring (bicyclic) bond motifs is 1. The van der Waals surface area contributed by atoms with Crippen LogP contribution in [0.15, 0.2) is 59.6 Å². The first-order valence-corrected chi connectivity index (χ1v) is 15.4. The third-order valence-electron chi connectivity index (χ3n) is 7.36. The van der Waals surface area contributed by atoms with Crippen molar-refractivity contribution in [1.82, 2.24) is 9.21 Å². The van der Waals surface area contributed by atoms with Crippen LogP contribution in [0, 0.1) is 5.82 Å². The molecule has 0 N–H and O–H groups in total. The van der Waals surface area contributed by atoms with E-state index in [9.17, 15) is 13.2 Å². The number of carbonyl (C=O) groups is 1. The Morgan fingerprint density at radius 1 is 1.12 bits per heavy atom. The van der Waals surface area contributed by atoms with Gasteiger partial charge in [-0.3, -0.25) is 0 Å². The molecule has 0 radical (unpaired) electrons. The second-order valence-corrected chi connectivity index (χ2v) is 13.6. The highest BCUT2D eigenvalue weighted by Gasteiger charge is 2.58. The number of benzene rings is 2. The number of amides is 1. The molecule has 0 saturated heterocycles. The number of nitrogens with zero attached hydrogens (tertiary/aromatic N) is 3. The lowest BCUT2D eigenvalue weighted by Crippen LogP contribution is -2.62. The van der Waals surface area contributed by atoms with Crippen molar-refractivity contribution in [3.63, 3.8) is 0 Å². The molecule has 230 valence electrons. The van der Waals surface area contributed by atoms with Crippen LogP contribution < -0.4 is 0 Å². The predicted molar refractivity (Wildman–Crippen MR) is 156 cm³/mol. The van der Waals surface area contributed by atoms with Gasteiger partial charge in [-0.15, -0.1) is 0 Å². The van der Waals surface area contributed by atoms with Gasteiger partial charge in [0.05, 0.1) is 25.9 Å². The maximum absolute atomic E-state index is 15.5. The van der Waals surface area contributed by atoms with E-state index in [0.717, 1.165) is 14.8 Å². The molecule has 1 fully saturated rings. The van der Waals surface area contributed by atoms with Crippen molar-refractivity contribution in [2.45, 2.75) is 69.1 Å². The van der Waals surface area contributed by atoms with Crippen LogP contribution >= 0.6 is 0 Å². The summed E-state index contributed by atoms with van der Waals surface area (Å²) in [6.45, 7) is 5.47. The van der Waals surface area contributed by atoms with Gasteiger partial charge in [-0.2, -0.15) is 0 Å². The third kappa shape index (κ3) is 6.94. The van der Waals surface area contributed by atoms with Crippen LogP contribution in [0.25, 0.3) is 0 Å². The Bertz CT molecular complexity index is 1370. The maximum Gasteiger partial charge on any atom is 0.419 e. The van der Waals surface area contributed by atoms with Crippen molar-refractivity contribution in [3.8, 4) is 0 Å². The topological polar surface area (TPSA) is 107 Å². The Balaban J connectivity index is 1.77. The normalized spacial score (nSPS) is 23.6. The summed E-state index contributed by atoms with van der Waals surface area (Å²) in [4.78, 5) is 19.4. The minimum Gasteiger partial charge on any atom is -0.443 e.